The van der Waals surface area contributed by atoms with E-state index in [1.807, 2.05) is 0 Å². The van der Waals surface area contributed by atoms with Gasteiger partial charge in [-0.2, -0.15) is 0 Å². The Bertz CT molecular complexity index is 839. The van der Waals surface area contributed by atoms with E-state index in [1.165, 1.54) is 6.20 Å². The third-order valence-corrected chi connectivity index (χ3v) is 4.02. The highest BCUT2D eigenvalue weighted by Gasteiger charge is 2.22. The zero-order chi connectivity index (χ0) is 18.5. The first-order chi connectivity index (χ1) is 12.5. The first-order valence-corrected chi connectivity index (χ1v) is 8.40. The Kier molecular flexibility index (Phi) is 5.48. The summed E-state index contributed by atoms with van der Waals surface area (Å²) in [6.07, 6.45) is 2.70. The minimum atomic E-state index is -0.641. The van der Waals surface area contributed by atoms with Crippen molar-refractivity contribution >= 4 is 40.9 Å². The van der Waals surface area contributed by atoms with Crippen LogP contribution in [-0.2, 0) is 14.3 Å². The van der Waals surface area contributed by atoms with Crippen LogP contribution in [0.15, 0.2) is 42.6 Å². The maximum absolute atomic E-state index is 12.2. The van der Waals surface area contributed by atoms with Gasteiger partial charge in [-0.15, -0.1) is 0 Å². The zero-order valence-electron chi connectivity index (χ0n) is 13.8. The van der Waals surface area contributed by atoms with Gasteiger partial charge >= 0.3 is 5.97 Å². The van der Waals surface area contributed by atoms with Gasteiger partial charge in [0.2, 0.25) is 5.91 Å². The van der Waals surface area contributed by atoms with Gasteiger partial charge in [0, 0.05) is 24.8 Å². The van der Waals surface area contributed by atoms with Crippen LogP contribution in [0.5, 0.6) is 0 Å². The fourth-order valence-electron chi connectivity index (χ4n) is 2.57. The molecule has 2 aromatic rings. The Morgan fingerprint density at radius 2 is 2.12 bits per heavy atom. The van der Waals surface area contributed by atoms with Crippen molar-refractivity contribution < 1.29 is 19.1 Å². The number of carbonyl (C=O) groups excluding carboxylic acids is 3. The lowest BCUT2D eigenvalue weighted by Crippen LogP contribution is -2.24. The van der Waals surface area contributed by atoms with Crippen molar-refractivity contribution in [2.45, 2.75) is 12.8 Å². The van der Waals surface area contributed by atoms with Crippen molar-refractivity contribution in [3.8, 4) is 0 Å². The highest BCUT2D eigenvalue weighted by molar-refractivity contribution is 6.30. The van der Waals surface area contributed by atoms with Gasteiger partial charge in [-0.1, -0.05) is 17.7 Å². The summed E-state index contributed by atoms with van der Waals surface area (Å²) in [6.45, 7) is 0.184. The molecule has 1 aliphatic rings. The Morgan fingerprint density at radius 1 is 1.27 bits per heavy atom. The van der Waals surface area contributed by atoms with Gasteiger partial charge in [-0.25, -0.2) is 9.78 Å². The van der Waals surface area contributed by atoms with Gasteiger partial charge < -0.3 is 15.0 Å². The van der Waals surface area contributed by atoms with E-state index < -0.39 is 18.5 Å². The molecule has 134 valence electrons. The maximum Gasteiger partial charge on any atom is 0.338 e. The van der Waals surface area contributed by atoms with Crippen LogP contribution in [-0.4, -0.2) is 35.9 Å². The molecule has 1 N–H and O–H groups in total. The third-order valence-electron chi connectivity index (χ3n) is 3.80. The summed E-state index contributed by atoms with van der Waals surface area (Å²) in [7, 11) is 0. The summed E-state index contributed by atoms with van der Waals surface area (Å²) in [5, 5.41) is 2.95. The number of nitrogens with zero attached hydrogens (tertiary/aromatic N) is 2. The van der Waals surface area contributed by atoms with Crippen LogP contribution in [0, 0.1) is 0 Å². The monoisotopic (exact) mass is 373 g/mol. The summed E-state index contributed by atoms with van der Waals surface area (Å²) in [6, 6.07) is 9.73. The average Bonchev–Trinajstić information content (AvgIpc) is 3.08. The number of hydrogen-bond donors (Lipinski definition) is 1. The number of hydrogen-bond acceptors (Lipinski definition) is 5. The minimum absolute atomic E-state index is 0.0327. The molecule has 3 rings (SSSR count). The van der Waals surface area contributed by atoms with Gasteiger partial charge in [0.15, 0.2) is 6.61 Å². The lowest BCUT2D eigenvalue weighted by atomic mass is 10.2. The fourth-order valence-corrected chi connectivity index (χ4v) is 2.68. The lowest BCUT2D eigenvalue weighted by molar-refractivity contribution is -0.119. The van der Waals surface area contributed by atoms with Gasteiger partial charge in [0.1, 0.15) is 5.82 Å². The number of anilines is 2. The number of halogens is 1. The van der Waals surface area contributed by atoms with Gasteiger partial charge in [0.05, 0.1) is 10.6 Å². The van der Waals surface area contributed by atoms with Crippen LogP contribution in [0.4, 0.5) is 11.5 Å². The predicted octanol–water partition coefficient (Wildman–Crippen LogP) is 2.66. The molecule has 0 unspecified atom stereocenters. The fraction of sp³-hybridized carbons (Fsp3) is 0.222. The molecule has 0 saturated carbocycles. The van der Waals surface area contributed by atoms with Crippen LogP contribution in [0.1, 0.15) is 23.2 Å². The Balaban J connectivity index is 1.57. The molecule has 2 heterocycles. The summed E-state index contributed by atoms with van der Waals surface area (Å²) < 4.78 is 5.02. The molecule has 1 aromatic carbocycles. The summed E-state index contributed by atoms with van der Waals surface area (Å²) >= 11 is 5.72. The average molecular weight is 374 g/mol. The number of pyridine rings is 1. The number of aromatic nitrogens is 1. The standard InChI is InChI=1S/C18H16ClN3O4/c19-13-6-7-15(20-10-13)21-16(23)11-26-18(25)12-3-1-4-14(9-12)22-8-2-5-17(22)24/h1,3-4,6-7,9-10H,2,5,8,11H2,(H,20,21,23). The number of ether oxygens (including phenoxy) is 1. The van der Waals surface area contributed by atoms with Gasteiger partial charge in [-0.3, -0.25) is 9.59 Å². The summed E-state index contributed by atoms with van der Waals surface area (Å²) in [5.41, 5.74) is 0.927. The van der Waals surface area contributed by atoms with Crippen molar-refractivity contribution in [2.24, 2.45) is 0 Å². The van der Waals surface area contributed by atoms with E-state index in [0.717, 1.165) is 6.42 Å². The van der Waals surface area contributed by atoms with E-state index in [4.69, 9.17) is 16.3 Å². The number of carbonyl (C=O) groups is 3. The number of amides is 2. The molecule has 8 heteroatoms. The summed E-state index contributed by atoms with van der Waals surface area (Å²) in [4.78, 5) is 41.4. The van der Waals surface area contributed by atoms with Crippen LogP contribution in [0.3, 0.4) is 0 Å². The van der Waals surface area contributed by atoms with E-state index >= 15 is 0 Å². The van der Waals surface area contributed by atoms with E-state index in [0.29, 0.717) is 29.5 Å². The molecule has 0 radical (unpaired) electrons. The van der Waals surface area contributed by atoms with E-state index in [2.05, 4.69) is 10.3 Å². The first kappa shape index (κ1) is 17.9. The Morgan fingerprint density at radius 3 is 2.81 bits per heavy atom. The van der Waals surface area contributed by atoms with E-state index in [1.54, 1.807) is 41.3 Å². The second kappa shape index (κ2) is 7.97. The van der Waals surface area contributed by atoms with E-state index in [-0.39, 0.29) is 11.5 Å². The Hall–Kier alpha value is -2.93. The molecule has 7 nitrogen and oxygen atoms in total. The van der Waals surface area contributed by atoms with Crippen LogP contribution >= 0.6 is 11.6 Å². The Labute approximate surface area is 154 Å². The molecule has 0 bridgehead atoms. The quantitative estimate of drug-likeness (QED) is 0.814. The second-order valence-electron chi connectivity index (χ2n) is 5.69. The molecule has 1 saturated heterocycles. The molecule has 26 heavy (non-hydrogen) atoms. The van der Waals surface area contributed by atoms with Gasteiger partial charge in [0.25, 0.3) is 5.91 Å². The third kappa shape index (κ3) is 4.37. The molecular formula is C18H16ClN3O4. The highest BCUT2D eigenvalue weighted by Crippen LogP contribution is 2.22. The number of esters is 1. The maximum atomic E-state index is 12.2. The van der Waals surface area contributed by atoms with Gasteiger partial charge in [-0.05, 0) is 36.8 Å². The topological polar surface area (TPSA) is 88.6 Å². The van der Waals surface area contributed by atoms with Crippen molar-refractivity contribution in [3.63, 3.8) is 0 Å². The van der Waals surface area contributed by atoms with Crippen molar-refractivity contribution in [2.75, 3.05) is 23.4 Å². The zero-order valence-corrected chi connectivity index (χ0v) is 14.5. The van der Waals surface area contributed by atoms with Crippen molar-refractivity contribution in [3.05, 3.63) is 53.2 Å². The molecule has 1 aromatic heterocycles. The van der Waals surface area contributed by atoms with Crippen molar-refractivity contribution in [1.29, 1.82) is 0 Å². The minimum Gasteiger partial charge on any atom is -0.452 e. The molecule has 2 amide bonds. The molecule has 1 aliphatic heterocycles. The van der Waals surface area contributed by atoms with Crippen molar-refractivity contribution in [1.82, 2.24) is 4.98 Å². The first-order valence-electron chi connectivity index (χ1n) is 8.02. The normalized spacial score (nSPS) is 13.6. The smallest absolute Gasteiger partial charge is 0.338 e. The largest absolute Gasteiger partial charge is 0.452 e. The molecule has 0 aliphatic carbocycles. The predicted molar refractivity (Wildman–Crippen MR) is 96.2 cm³/mol. The highest BCUT2D eigenvalue weighted by atomic mass is 35.5. The van der Waals surface area contributed by atoms with Crippen LogP contribution in [0.25, 0.3) is 0 Å². The molecule has 0 spiro atoms. The molecule has 1 fully saturated rings. The van der Waals surface area contributed by atoms with Crippen LogP contribution < -0.4 is 10.2 Å². The number of nitrogens with one attached hydrogen (secondary N) is 1. The number of rotatable bonds is 5. The molecule has 0 atom stereocenters. The van der Waals surface area contributed by atoms with Crippen LogP contribution in [0.2, 0.25) is 5.02 Å². The van der Waals surface area contributed by atoms with E-state index in [9.17, 15) is 14.4 Å². The number of benzene rings is 1. The lowest BCUT2D eigenvalue weighted by Gasteiger charge is -2.16. The summed E-state index contributed by atoms with van der Waals surface area (Å²) in [5.74, 6) is -0.813. The SMILES string of the molecule is O=C(COC(=O)c1cccc(N2CCCC2=O)c1)Nc1ccc(Cl)cn1. The second-order valence-corrected chi connectivity index (χ2v) is 6.12. The molecular weight excluding hydrogens is 358 g/mol.